The van der Waals surface area contributed by atoms with Gasteiger partial charge in [-0.05, 0) is 69.0 Å². The van der Waals surface area contributed by atoms with Crippen LogP contribution in [0.5, 0.6) is 0 Å². The van der Waals surface area contributed by atoms with Crippen LogP contribution in [0.15, 0.2) is 61.1 Å². The fourth-order valence-corrected chi connectivity index (χ4v) is 5.61. The lowest BCUT2D eigenvalue weighted by atomic mass is 9.75. The summed E-state index contributed by atoms with van der Waals surface area (Å²) in [6, 6.07) is 16.6. The van der Waals surface area contributed by atoms with Crippen molar-refractivity contribution in [1.29, 1.82) is 5.26 Å². The van der Waals surface area contributed by atoms with Crippen molar-refractivity contribution in [2.75, 3.05) is 36.5 Å². The summed E-state index contributed by atoms with van der Waals surface area (Å²) in [7, 11) is 0. The Labute approximate surface area is 240 Å². The van der Waals surface area contributed by atoms with E-state index in [1.165, 1.54) is 0 Å². The Morgan fingerprint density at radius 3 is 2.44 bits per heavy atom. The van der Waals surface area contributed by atoms with Crippen molar-refractivity contribution in [3.8, 4) is 28.3 Å². The van der Waals surface area contributed by atoms with Crippen molar-refractivity contribution < 1.29 is 9.90 Å². The number of hydrogen-bond donors (Lipinski definition) is 3. The highest BCUT2D eigenvalue weighted by atomic mass is 16.3. The number of pyridine rings is 2. The zero-order chi connectivity index (χ0) is 29.0. The Balaban J connectivity index is 1.41. The van der Waals surface area contributed by atoms with Gasteiger partial charge in [-0.1, -0.05) is 19.1 Å². The summed E-state index contributed by atoms with van der Waals surface area (Å²) in [4.78, 5) is 20.0. The lowest BCUT2D eigenvalue weighted by Crippen LogP contribution is -2.50. The number of fused-ring (bicyclic) bond motifs is 1. The van der Waals surface area contributed by atoms with Gasteiger partial charge in [0.15, 0.2) is 0 Å². The van der Waals surface area contributed by atoms with Crippen molar-refractivity contribution in [3.63, 3.8) is 0 Å². The third kappa shape index (κ3) is 5.74. The number of nitrogens with zero attached hydrogens (tertiary/aromatic N) is 5. The van der Waals surface area contributed by atoms with Gasteiger partial charge in [0.25, 0.3) is 0 Å². The molecule has 212 valence electrons. The van der Waals surface area contributed by atoms with Gasteiger partial charge in [-0.2, -0.15) is 10.4 Å². The van der Waals surface area contributed by atoms with Crippen LogP contribution in [0.4, 0.5) is 11.5 Å². The summed E-state index contributed by atoms with van der Waals surface area (Å²) in [6.07, 6.45) is 7.80. The molecule has 1 aliphatic heterocycles. The van der Waals surface area contributed by atoms with Crippen LogP contribution in [-0.4, -0.2) is 57.9 Å². The molecule has 1 amide bonds. The van der Waals surface area contributed by atoms with Crippen molar-refractivity contribution >= 4 is 22.9 Å². The second-order valence-electron chi connectivity index (χ2n) is 11.0. The first kappa shape index (κ1) is 28.1. The number of carbonyl (C=O) groups excluding carboxylic acids is 1. The number of nitriles is 1. The zero-order valence-electron chi connectivity index (χ0n) is 23.9. The Bertz CT molecular complexity index is 1540. The molecule has 1 aromatic carbocycles. The molecule has 1 saturated heterocycles. The molecular weight excluding hydrogens is 514 g/mol. The number of aliphatic hydroxyl groups is 1. The maximum absolute atomic E-state index is 12.9. The van der Waals surface area contributed by atoms with E-state index in [0.29, 0.717) is 12.1 Å². The highest BCUT2D eigenvalue weighted by Gasteiger charge is 2.40. The monoisotopic (exact) mass is 551 g/mol. The zero-order valence-corrected chi connectivity index (χ0v) is 23.9. The van der Waals surface area contributed by atoms with Crippen LogP contribution in [0.1, 0.15) is 45.6 Å². The van der Waals surface area contributed by atoms with E-state index in [2.05, 4.69) is 39.7 Å². The van der Waals surface area contributed by atoms with E-state index in [1.54, 1.807) is 10.7 Å². The average Bonchev–Trinajstić information content (AvgIpc) is 3.43. The standard InChI is InChI=1S/C32H37N7O2/c1-4-32(31(41)37-22(2)3)11-14-38(15-12-32)29-10-7-24(19-35-29)28-17-25(21-39-30(28)26(18-33)20-36-39)23-5-8-27(9-6-23)34-13-16-40/h5-10,17,19-22,34,40H,4,11-16H2,1-3H3,(H,37,41). The number of nitrogens with one attached hydrogen (secondary N) is 2. The molecule has 3 aromatic heterocycles. The number of benzene rings is 1. The van der Waals surface area contributed by atoms with Crippen LogP contribution < -0.4 is 15.5 Å². The van der Waals surface area contributed by atoms with Crippen molar-refractivity contribution in [2.45, 2.75) is 46.1 Å². The van der Waals surface area contributed by atoms with Crippen LogP contribution >= 0.6 is 0 Å². The van der Waals surface area contributed by atoms with Crippen LogP contribution in [-0.2, 0) is 4.79 Å². The number of aliphatic hydroxyl groups excluding tert-OH is 1. The molecule has 3 N–H and O–H groups in total. The molecule has 9 nitrogen and oxygen atoms in total. The molecule has 0 radical (unpaired) electrons. The number of carbonyl (C=O) groups is 1. The SMILES string of the molecule is CCC1(C(=O)NC(C)C)CCN(c2ccc(-c3cc(-c4ccc(NCCO)cc4)cn4ncc(C#N)c34)cn2)CC1. The van der Waals surface area contributed by atoms with Crippen LogP contribution in [0.3, 0.4) is 0 Å². The average molecular weight is 552 g/mol. The number of hydrogen-bond acceptors (Lipinski definition) is 7. The molecule has 41 heavy (non-hydrogen) atoms. The summed E-state index contributed by atoms with van der Waals surface area (Å²) >= 11 is 0. The third-order valence-corrected chi connectivity index (χ3v) is 8.07. The summed E-state index contributed by atoms with van der Waals surface area (Å²) in [5.74, 6) is 1.04. The minimum atomic E-state index is -0.324. The first-order chi connectivity index (χ1) is 19.9. The molecular formula is C32H37N7O2. The molecule has 9 heteroatoms. The fourth-order valence-electron chi connectivity index (χ4n) is 5.61. The first-order valence-corrected chi connectivity index (χ1v) is 14.3. The largest absolute Gasteiger partial charge is 0.395 e. The Morgan fingerprint density at radius 2 is 1.83 bits per heavy atom. The topological polar surface area (TPSA) is 119 Å². The van der Waals surface area contributed by atoms with Gasteiger partial charge in [-0.25, -0.2) is 9.50 Å². The highest BCUT2D eigenvalue weighted by Crippen LogP contribution is 2.37. The molecule has 1 fully saturated rings. The van der Waals surface area contributed by atoms with E-state index in [4.69, 9.17) is 10.1 Å². The van der Waals surface area contributed by atoms with Crippen molar-refractivity contribution in [1.82, 2.24) is 19.9 Å². The van der Waals surface area contributed by atoms with Crippen LogP contribution in [0, 0.1) is 16.7 Å². The van der Waals surface area contributed by atoms with Gasteiger partial charge in [0.1, 0.15) is 11.9 Å². The van der Waals surface area contributed by atoms with Gasteiger partial charge in [0, 0.05) is 60.4 Å². The smallest absolute Gasteiger partial charge is 0.226 e. The molecule has 0 saturated carbocycles. The van der Waals surface area contributed by atoms with Gasteiger partial charge in [-0.15, -0.1) is 0 Å². The van der Waals surface area contributed by atoms with E-state index in [9.17, 15) is 10.1 Å². The second-order valence-corrected chi connectivity index (χ2v) is 11.0. The predicted molar refractivity (Wildman–Crippen MR) is 162 cm³/mol. The van der Waals surface area contributed by atoms with Crippen LogP contribution in [0.2, 0.25) is 0 Å². The molecule has 0 atom stereocenters. The normalized spacial score (nSPS) is 14.7. The number of anilines is 2. The molecule has 4 heterocycles. The molecule has 0 aliphatic carbocycles. The minimum absolute atomic E-state index is 0.0713. The summed E-state index contributed by atoms with van der Waals surface area (Å²) < 4.78 is 1.76. The van der Waals surface area contributed by atoms with Gasteiger partial charge < -0.3 is 20.6 Å². The summed E-state index contributed by atoms with van der Waals surface area (Å²) in [6.45, 7) is 8.22. The Hall–Kier alpha value is -4.42. The molecule has 1 aliphatic rings. The van der Waals surface area contributed by atoms with Gasteiger partial charge in [0.2, 0.25) is 5.91 Å². The lowest BCUT2D eigenvalue weighted by molar-refractivity contribution is -0.133. The lowest BCUT2D eigenvalue weighted by Gasteiger charge is -2.41. The maximum Gasteiger partial charge on any atom is 0.226 e. The number of rotatable bonds is 9. The van der Waals surface area contributed by atoms with Crippen LogP contribution in [0.25, 0.3) is 27.8 Å². The second kappa shape index (κ2) is 12.0. The van der Waals surface area contributed by atoms with Gasteiger partial charge in [0.05, 0.1) is 29.3 Å². The minimum Gasteiger partial charge on any atom is -0.395 e. The van der Waals surface area contributed by atoms with Gasteiger partial charge >= 0.3 is 0 Å². The Kier molecular flexibility index (Phi) is 8.22. The summed E-state index contributed by atoms with van der Waals surface area (Å²) in [5, 5.41) is 29.6. The molecule has 4 aromatic rings. The highest BCUT2D eigenvalue weighted by molar-refractivity contribution is 5.88. The molecule has 5 rings (SSSR count). The van der Waals surface area contributed by atoms with E-state index >= 15 is 0 Å². The molecule has 0 unspecified atom stereocenters. The number of aromatic nitrogens is 3. The van der Waals surface area contributed by atoms with E-state index in [-0.39, 0.29) is 24.0 Å². The van der Waals surface area contributed by atoms with Crippen molar-refractivity contribution in [3.05, 3.63) is 66.6 Å². The summed E-state index contributed by atoms with van der Waals surface area (Å²) in [5.41, 5.74) is 5.61. The van der Waals surface area contributed by atoms with Crippen molar-refractivity contribution in [2.24, 2.45) is 5.41 Å². The van der Waals surface area contributed by atoms with E-state index in [0.717, 1.165) is 71.6 Å². The number of amides is 1. The first-order valence-electron chi connectivity index (χ1n) is 14.3. The van der Waals surface area contributed by atoms with Gasteiger partial charge in [-0.3, -0.25) is 4.79 Å². The van der Waals surface area contributed by atoms with E-state index < -0.39 is 0 Å². The number of piperidine rings is 1. The van der Waals surface area contributed by atoms with E-state index in [1.807, 2.05) is 62.6 Å². The fraction of sp³-hybridized carbons (Fsp3) is 0.375. The maximum atomic E-state index is 12.9. The predicted octanol–water partition coefficient (Wildman–Crippen LogP) is 4.86. The quantitative estimate of drug-likeness (QED) is 0.272. The Morgan fingerprint density at radius 1 is 1.10 bits per heavy atom. The molecule has 0 spiro atoms. The third-order valence-electron chi connectivity index (χ3n) is 8.07. The molecule has 0 bridgehead atoms.